The molecule has 176 valence electrons. The van der Waals surface area contributed by atoms with Crippen molar-refractivity contribution in [3.63, 3.8) is 0 Å². The molecular formula is C27H38BFN4. The van der Waals surface area contributed by atoms with Gasteiger partial charge in [0.25, 0.3) is 0 Å². The van der Waals surface area contributed by atoms with Crippen LogP contribution in [0, 0.1) is 18.7 Å². The minimum absolute atomic E-state index is 0.226. The summed E-state index contributed by atoms with van der Waals surface area (Å²) in [7, 11) is 3.97. The first-order valence-corrected chi connectivity index (χ1v) is 12.8. The second-order valence-corrected chi connectivity index (χ2v) is 9.83. The number of halogens is 1. The molecule has 1 fully saturated rings. The lowest BCUT2D eigenvalue weighted by molar-refractivity contribution is 0.306. The smallest absolute Gasteiger partial charge is 0.146 e. The average molecular weight is 448 g/mol. The van der Waals surface area contributed by atoms with Crippen molar-refractivity contribution in [1.29, 1.82) is 0 Å². The standard InChI is InChI=1S/C27H38BFN4/c1-19(24-17-31-33(20(24)2)18-21-10-6-4-7-11-21)23-12-8-5-9-13-27(23)32(3)22-14-25(29)26(15-28)30-16-22/h14,16-17,21H,1,4-13,15,18,28H2,2-3H3. The largest absolute Gasteiger partial charge is 0.347 e. The Kier molecular flexibility index (Phi) is 7.72. The van der Waals surface area contributed by atoms with E-state index in [0.29, 0.717) is 12.0 Å². The van der Waals surface area contributed by atoms with Crippen LogP contribution in [0.3, 0.4) is 0 Å². The molecule has 0 spiro atoms. The third-order valence-corrected chi connectivity index (χ3v) is 7.67. The molecule has 4 nitrogen and oxygen atoms in total. The Bertz CT molecular complexity index is 1020. The highest BCUT2D eigenvalue weighted by atomic mass is 19.1. The van der Waals surface area contributed by atoms with Gasteiger partial charge in [0.2, 0.25) is 0 Å². The Morgan fingerprint density at radius 2 is 1.88 bits per heavy atom. The molecule has 33 heavy (non-hydrogen) atoms. The first kappa shape index (κ1) is 23.8. The number of rotatable bonds is 7. The molecule has 2 heterocycles. The normalized spacial score (nSPS) is 17.8. The number of anilines is 1. The summed E-state index contributed by atoms with van der Waals surface area (Å²) >= 11 is 0. The van der Waals surface area contributed by atoms with Crippen LogP contribution in [0.1, 0.15) is 81.2 Å². The zero-order valence-corrected chi connectivity index (χ0v) is 20.7. The number of hydrogen-bond acceptors (Lipinski definition) is 3. The molecule has 0 bridgehead atoms. The Hall–Kier alpha value is -2.37. The predicted molar refractivity (Wildman–Crippen MR) is 138 cm³/mol. The van der Waals surface area contributed by atoms with Crippen molar-refractivity contribution in [3.8, 4) is 0 Å². The summed E-state index contributed by atoms with van der Waals surface area (Å²) in [5.41, 5.74) is 7.29. The molecule has 0 aromatic carbocycles. The van der Waals surface area contributed by atoms with E-state index in [1.807, 2.05) is 21.1 Å². The van der Waals surface area contributed by atoms with Crippen molar-refractivity contribution in [2.45, 2.75) is 84.0 Å². The van der Waals surface area contributed by atoms with Crippen LogP contribution in [0.5, 0.6) is 0 Å². The average Bonchev–Trinajstić information content (AvgIpc) is 3.03. The van der Waals surface area contributed by atoms with Gasteiger partial charge in [-0.25, -0.2) is 4.39 Å². The second kappa shape index (κ2) is 10.7. The first-order chi connectivity index (χ1) is 16.0. The van der Waals surface area contributed by atoms with Gasteiger partial charge in [0.1, 0.15) is 13.7 Å². The topological polar surface area (TPSA) is 34.0 Å². The monoisotopic (exact) mass is 448 g/mol. The minimum atomic E-state index is -0.226. The highest BCUT2D eigenvalue weighted by Crippen LogP contribution is 2.37. The summed E-state index contributed by atoms with van der Waals surface area (Å²) in [6.45, 7) is 7.75. The molecule has 0 amide bonds. The maximum Gasteiger partial charge on any atom is 0.146 e. The van der Waals surface area contributed by atoms with Gasteiger partial charge in [-0.2, -0.15) is 5.10 Å². The van der Waals surface area contributed by atoms with Crippen LogP contribution in [0.2, 0.25) is 0 Å². The Balaban J connectivity index is 1.62. The van der Waals surface area contributed by atoms with Crippen LogP contribution in [0.25, 0.3) is 5.57 Å². The van der Waals surface area contributed by atoms with Gasteiger partial charge in [-0.15, -0.1) is 0 Å². The maximum atomic E-state index is 14.5. The van der Waals surface area contributed by atoms with Crippen molar-refractivity contribution in [3.05, 3.63) is 59.1 Å². The van der Waals surface area contributed by atoms with Gasteiger partial charge >= 0.3 is 0 Å². The van der Waals surface area contributed by atoms with Crippen molar-refractivity contribution in [1.82, 2.24) is 14.8 Å². The summed E-state index contributed by atoms with van der Waals surface area (Å²) in [4.78, 5) is 6.49. The second-order valence-electron chi connectivity index (χ2n) is 9.83. The van der Waals surface area contributed by atoms with E-state index >= 15 is 0 Å². The molecule has 0 aliphatic heterocycles. The van der Waals surface area contributed by atoms with Gasteiger partial charge in [-0.05, 0) is 68.8 Å². The van der Waals surface area contributed by atoms with E-state index in [2.05, 4.69) is 28.1 Å². The fraction of sp³-hybridized carbons (Fsp3) is 0.556. The third kappa shape index (κ3) is 5.25. The summed E-state index contributed by atoms with van der Waals surface area (Å²) in [5.74, 6) is 0.516. The molecule has 0 unspecified atom stereocenters. The van der Waals surface area contributed by atoms with E-state index in [9.17, 15) is 4.39 Å². The van der Waals surface area contributed by atoms with E-state index in [1.165, 1.54) is 55.5 Å². The van der Waals surface area contributed by atoms with Crippen molar-refractivity contribution in [2.24, 2.45) is 5.92 Å². The zero-order chi connectivity index (χ0) is 23.4. The van der Waals surface area contributed by atoms with Gasteiger partial charge in [0.15, 0.2) is 0 Å². The zero-order valence-electron chi connectivity index (χ0n) is 20.7. The first-order valence-electron chi connectivity index (χ1n) is 12.8. The van der Waals surface area contributed by atoms with Crippen LogP contribution in [-0.2, 0) is 12.9 Å². The van der Waals surface area contributed by atoms with E-state index in [1.54, 1.807) is 12.3 Å². The van der Waals surface area contributed by atoms with Gasteiger partial charge < -0.3 is 4.90 Å². The van der Waals surface area contributed by atoms with Gasteiger partial charge in [-0.1, -0.05) is 32.3 Å². The maximum absolute atomic E-state index is 14.5. The molecule has 0 atom stereocenters. The Morgan fingerprint density at radius 1 is 1.15 bits per heavy atom. The number of hydrogen-bond donors (Lipinski definition) is 0. The van der Waals surface area contributed by atoms with Crippen LogP contribution in [0.15, 0.2) is 36.3 Å². The molecule has 2 aliphatic rings. The lowest BCUT2D eigenvalue weighted by Gasteiger charge is -2.26. The lowest BCUT2D eigenvalue weighted by Crippen LogP contribution is -2.19. The van der Waals surface area contributed by atoms with Crippen LogP contribution in [0.4, 0.5) is 10.1 Å². The lowest BCUT2D eigenvalue weighted by atomic mass is 9.89. The van der Waals surface area contributed by atoms with Crippen molar-refractivity contribution in [2.75, 3.05) is 11.9 Å². The Labute approximate surface area is 199 Å². The van der Waals surface area contributed by atoms with Crippen LogP contribution < -0.4 is 4.90 Å². The fourth-order valence-corrected chi connectivity index (χ4v) is 5.52. The van der Waals surface area contributed by atoms with Gasteiger partial charge in [0.05, 0.1) is 23.8 Å². The molecule has 6 heteroatoms. The van der Waals surface area contributed by atoms with Crippen molar-refractivity contribution >= 4 is 19.1 Å². The number of allylic oxidation sites excluding steroid dienone is 3. The highest BCUT2D eigenvalue weighted by molar-refractivity contribution is 6.08. The molecule has 0 radical (unpaired) electrons. The highest BCUT2D eigenvalue weighted by Gasteiger charge is 2.23. The third-order valence-electron chi connectivity index (χ3n) is 7.67. The van der Waals surface area contributed by atoms with Gasteiger partial charge in [0, 0.05) is 36.6 Å². The minimum Gasteiger partial charge on any atom is -0.347 e. The SMILES string of the molecule is BCc1ncc(N(C)C2=C(C(=C)c3cnn(CC4CCCCC4)c3C)CCCCC2)cc1F. The number of nitrogens with zero attached hydrogens (tertiary/aromatic N) is 4. The molecule has 4 rings (SSSR count). The molecule has 0 N–H and O–H groups in total. The summed E-state index contributed by atoms with van der Waals surface area (Å²) in [5, 5.41) is 4.77. The molecule has 2 aromatic rings. The fourth-order valence-electron chi connectivity index (χ4n) is 5.52. The van der Waals surface area contributed by atoms with Crippen LogP contribution in [-0.4, -0.2) is 29.7 Å². The molecule has 0 saturated heterocycles. The summed E-state index contributed by atoms with van der Waals surface area (Å²) in [6.07, 6.45) is 16.6. The summed E-state index contributed by atoms with van der Waals surface area (Å²) < 4.78 is 16.7. The van der Waals surface area contributed by atoms with E-state index in [-0.39, 0.29) is 5.82 Å². The van der Waals surface area contributed by atoms with Crippen LogP contribution >= 0.6 is 0 Å². The Morgan fingerprint density at radius 3 is 2.61 bits per heavy atom. The summed E-state index contributed by atoms with van der Waals surface area (Å²) in [6, 6.07) is 1.62. The van der Waals surface area contributed by atoms with E-state index in [4.69, 9.17) is 5.10 Å². The predicted octanol–water partition coefficient (Wildman–Crippen LogP) is 5.81. The number of aromatic nitrogens is 3. The molecule has 2 aromatic heterocycles. The molecule has 2 aliphatic carbocycles. The van der Waals surface area contributed by atoms with Crippen molar-refractivity contribution < 1.29 is 4.39 Å². The van der Waals surface area contributed by atoms with E-state index in [0.717, 1.165) is 55.0 Å². The molecule has 1 saturated carbocycles. The van der Waals surface area contributed by atoms with Gasteiger partial charge in [-0.3, -0.25) is 9.67 Å². The molecular weight excluding hydrogens is 410 g/mol. The quantitative estimate of drug-likeness (QED) is 0.502. The number of pyridine rings is 1. The van der Waals surface area contributed by atoms with E-state index < -0.39 is 0 Å².